The number of nitrogens with one attached hydrogen (secondary N) is 2. The summed E-state index contributed by atoms with van der Waals surface area (Å²) in [5.41, 5.74) is 0.195. The highest BCUT2D eigenvalue weighted by Crippen LogP contribution is 2.15. The first-order valence-electron chi connectivity index (χ1n) is 5.36. The topological polar surface area (TPSA) is 79.0 Å². The number of unbranched alkanes of at least 4 members (excludes halogenated alkanes) is 2. The Morgan fingerprint density at radius 3 is 2.71 bits per heavy atom. The molecule has 1 amide bonds. The van der Waals surface area contributed by atoms with Crippen LogP contribution in [0.5, 0.6) is 0 Å². The van der Waals surface area contributed by atoms with Crippen LogP contribution in [0.4, 0.5) is 0 Å². The van der Waals surface area contributed by atoms with Crippen molar-refractivity contribution in [3.8, 4) is 0 Å². The minimum atomic E-state index is -3.78. The van der Waals surface area contributed by atoms with Crippen LogP contribution < -0.4 is 5.32 Å². The zero-order chi connectivity index (χ0) is 12.9. The number of aromatic amines is 1. The van der Waals surface area contributed by atoms with Gasteiger partial charge >= 0.3 is 0 Å². The van der Waals surface area contributed by atoms with E-state index in [9.17, 15) is 13.2 Å². The van der Waals surface area contributed by atoms with Gasteiger partial charge in [0.2, 0.25) is 0 Å². The monoisotopic (exact) mass is 278 g/mol. The van der Waals surface area contributed by atoms with Gasteiger partial charge in [0.05, 0.1) is 0 Å². The highest BCUT2D eigenvalue weighted by molar-refractivity contribution is 8.13. The summed E-state index contributed by atoms with van der Waals surface area (Å²) in [6, 6.07) is 1.22. The first-order chi connectivity index (χ1) is 7.95. The van der Waals surface area contributed by atoms with Gasteiger partial charge in [0, 0.05) is 23.4 Å². The summed E-state index contributed by atoms with van der Waals surface area (Å²) in [6.07, 6.45) is 4.23. The predicted octanol–water partition coefficient (Wildman–Crippen LogP) is 1.86. The van der Waals surface area contributed by atoms with E-state index in [0.717, 1.165) is 19.3 Å². The number of hydrogen-bond acceptors (Lipinski definition) is 3. The first kappa shape index (κ1) is 14.1. The predicted molar refractivity (Wildman–Crippen MR) is 65.7 cm³/mol. The molecule has 1 aromatic heterocycles. The SMILES string of the molecule is CCCCCNC(=O)c1cc(S(=O)(=O)Cl)c[nH]1. The Balaban J connectivity index is 2.56. The average molecular weight is 279 g/mol. The van der Waals surface area contributed by atoms with Crippen molar-refractivity contribution in [2.75, 3.05) is 6.54 Å². The maximum Gasteiger partial charge on any atom is 0.267 e. The first-order valence-corrected chi connectivity index (χ1v) is 7.67. The fourth-order valence-electron chi connectivity index (χ4n) is 1.32. The lowest BCUT2D eigenvalue weighted by Gasteiger charge is -2.02. The fraction of sp³-hybridized carbons (Fsp3) is 0.500. The van der Waals surface area contributed by atoms with Gasteiger partial charge in [-0.1, -0.05) is 19.8 Å². The second kappa shape index (κ2) is 6.07. The Kier molecular flexibility index (Phi) is 5.02. The van der Waals surface area contributed by atoms with E-state index in [1.807, 2.05) is 0 Å². The molecule has 2 N–H and O–H groups in total. The van der Waals surface area contributed by atoms with E-state index in [2.05, 4.69) is 17.2 Å². The summed E-state index contributed by atoms with van der Waals surface area (Å²) >= 11 is 0. The molecule has 0 unspecified atom stereocenters. The lowest BCUT2D eigenvalue weighted by molar-refractivity contribution is 0.0948. The number of carbonyl (C=O) groups is 1. The van der Waals surface area contributed by atoms with Crippen LogP contribution in [-0.4, -0.2) is 25.9 Å². The standard InChI is InChI=1S/C10H15ClN2O3S/c1-2-3-4-5-12-10(14)9-6-8(7-13-9)17(11,15)16/h6-7,13H,2-5H2,1H3,(H,12,14). The van der Waals surface area contributed by atoms with Gasteiger partial charge in [0.25, 0.3) is 15.0 Å². The van der Waals surface area contributed by atoms with E-state index in [-0.39, 0.29) is 16.5 Å². The molecule has 0 aliphatic rings. The molecule has 0 saturated heterocycles. The highest BCUT2D eigenvalue weighted by atomic mass is 35.7. The van der Waals surface area contributed by atoms with Crippen molar-refractivity contribution in [1.82, 2.24) is 10.3 Å². The molecule has 0 bridgehead atoms. The van der Waals surface area contributed by atoms with Crippen molar-refractivity contribution >= 4 is 25.6 Å². The van der Waals surface area contributed by atoms with E-state index in [1.165, 1.54) is 12.3 Å². The van der Waals surface area contributed by atoms with Gasteiger partial charge < -0.3 is 10.3 Å². The number of hydrogen-bond donors (Lipinski definition) is 2. The third-order valence-electron chi connectivity index (χ3n) is 2.25. The van der Waals surface area contributed by atoms with Gasteiger partial charge in [-0.05, 0) is 12.5 Å². The van der Waals surface area contributed by atoms with Gasteiger partial charge in [0.1, 0.15) is 10.6 Å². The Morgan fingerprint density at radius 2 is 2.18 bits per heavy atom. The summed E-state index contributed by atoms with van der Waals surface area (Å²) in [4.78, 5) is 14.0. The van der Waals surface area contributed by atoms with Gasteiger partial charge in [-0.15, -0.1) is 0 Å². The molecule has 17 heavy (non-hydrogen) atoms. The molecule has 7 heteroatoms. The van der Waals surface area contributed by atoms with Crippen LogP contribution in [0.2, 0.25) is 0 Å². The number of halogens is 1. The number of rotatable bonds is 6. The van der Waals surface area contributed by atoms with Crippen molar-refractivity contribution in [2.24, 2.45) is 0 Å². The second-order valence-electron chi connectivity index (χ2n) is 3.65. The summed E-state index contributed by atoms with van der Waals surface area (Å²) in [5, 5.41) is 2.69. The molecule has 0 radical (unpaired) electrons. The van der Waals surface area contributed by atoms with Crippen molar-refractivity contribution in [3.63, 3.8) is 0 Å². The van der Waals surface area contributed by atoms with Gasteiger partial charge in [-0.2, -0.15) is 0 Å². The van der Waals surface area contributed by atoms with Gasteiger partial charge in [-0.3, -0.25) is 4.79 Å². The number of H-pyrrole nitrogens is 1. The van der Waals surface area contributed by atoms with E-state index < -0.39 is 9.05 Å². The van der Waals surface area contributed by atoms with Crippen LogP contribution in [0.3, 0.4) is 0 Å². The summed E-state index contributed by atoms with van der Waals surface area (Å²) in [6.45, 7) is 2.65. The Hall–Kier alpha value is -1.01. The van der Waals surface area contributed by atoms with E-state index >= 15 is 0 Å². The molecule has 1 rings (SSSR count). The van der Waals surface area contributed by atoms with Crippen LogP contribution in [0.1, 0.15) is 36.7 Å². The van der Waals surface area contributed by atoms with Crippen molar-refractivity contribution in [3.05, 3.63) is 18.0 Å². The van der Waals surface area contributed by atoms with Gasteiger partial charge in [-0.25, -0.2) is 8.42 Å². The minimum absolute atomic E-state index is 0.0992. The third-order valence-corrected chi connectivity index (χ3v) is 3.58. The summed E-state index contributed by atoms with van der Waals surface area (Å²) in [7, 11) is 1.36. The normalized spacial score (nSPS) is 11.4. The second-order valence-corrected chi connectivity index (χ2v) is 6.22. The molecule has 0 saturated carbocycles. The third kappa shape index (κ3) is 4.40. The minimum Gasteiger partial charge on any atom is -0.356 e. The van der Waals surface area contributed by atoms with Crippen molar-refractivity contribution in [2.45, 2.75) is 31.1 Å². The largest absolute Gasteiger partial charge is 0.356 e. The van der Waals surface area contributed by atoms with Crippen LogP contribution >= 0.6 is 10.7 Å². The zero-order valence-corrected chi connectivity index (χ0v) is 11.1. The lowest BCUT2D eigenvalue weighted by atomic mass is 10.2. The van der Waals surface area contributed by atoms with Crippen molar-refractivity contribution in [1.29, 1.82) is 0 Å². The molecule has 0 fully saturated rings. The summed E-state index contributed by atoms with van der Waals surface area (Å²) < 4.78 is 22.0. The zero-order valence-electron chi connectivity index (χ0n) is 9.49. The Bertz CT molecular complexity index is 481. The molecule has 0 aliphatic carbocycles. The maximum atomic E-state index is 11.6. The molecule has 0 atom stereocenters. The van der Waals surface area contributed by atoms with E-state index in [0.29, 0.717) is 6.54 Å². The molecule has 5 nitrogen and oxygen atoms in total. The Morgan fingerprint density at radius 1 is 1.47 bits per heavy atom. The molecular formula is C10H15ClN2O3S. The molecule has 0 aliphatic heterocycles. The van der Waals surface area contributed by atoms with Crippen LogP contribution in [0.25, 0.3) is 0 Å². The van der Waals surface area contributed by atoms with Crippen LogP contribution in [-0.2, 0) is 9.05 Å². The molecule has 1 aromatic rings. The molecule has 96 valence electrons. The number of amides is 1. The van der Waals surface area contributed by atoms with E-state index in [1.54, 1.807) is 0 Å². The number of carbonyl (C=O) groups excluding carboxylic acids is 1. The fourth-order valence-corrected chi connectivity index (χ4v) is 2.04. The quantitative estimate of drug-likeness (QED) is 0.616. The van der Waals surface area contributed by atoms with Gasteiger partial charge in [0.15, 0.2) is 0 Å². The smallest absolute Gasteiger partial charge is 0.267 e. The Labute approximate surface area is 105 Å². The average Bonchev–Trinajstić information content (AvgIpc) is 2.72. The van der Waals surface area contributed by atoms with Crippen molar-refractivity contribution < 1.29 is 13.2 Å². The lowest BCUT2D eigenvalue weighted by Crippen LogP contribution is -2.24. The molecule has 0 aromatic carbocycles. The van der Waals surface area contributed by atoms with Crippen LogP contribution in [0.15, 0.2) is 17.2 Å². The van der Waals surface area contributed by atoms with E-state index in [4.69, 9.17) is 10.7 Å². The molecule has 1 heterocycles. The summed E-state index contributed by atoms with van der Waals surface area (Å²) in [5.74, 6) is -0.326. The highest BCUT2D eigenvalue weighted by Gasteiger charge is 2.15. The maximum absolute atomic E-state index is 11.6. The molecule has 0 spiro atoms. The molecular weight excluding hydrogens is 264 g/mol. The van der Waals surface area contributed by atoms with Crippen LogP contribution in [0, 0.1) is 0 Å². The number of aromatic nitrogens is 1.